The van der Waals surface area contributed by atoms with Crippen LogP contribution in [0.25, 0.3) is 0 Å². The first kappa shape index (κ1) is 14.8. The van der Waals surface area contributed by atoms with Gasteiger partial charge in [0.25, 0.3) is 0 Å². The summed E-state index contributed by atoms with van der Waals surface area (Å²) in [7, 11) is 0. The number of carbonyl (C=O) groups excluding carboxylic acids is 1. The fraction of sp³-hybridized carbons (Fsp3) is 0.533. The Labute approximate surface area is 119 Å². The van der Waals surface area contributed by atoms with Crippen LogP contribution >= 0.6 is 0 Å². The number of carbonyl (C=O) groups is 1. The van der Waals surface area contributed by atoms with Crippen LogP contribution in [0.5, 0.6) is 5.75 Å². The number of aliphatic hydroxyl groups is 1. The van der Waals surface area contributed by atoms with Gasteiger partial charge < -0.3 is 20.8 Å². The molecule has 3 atom stereocenters. The maximum Gasteiger partial charge on any atom is 0.239 e. The molecule has 0 radical (unpaired) electrons. The second kappa shape index (κ2) is 6.24. The maximum absolute atomic E-state index is 12.3. The van der Waals surface area contributed by atoms with Crippen molar-refractivity contribution < 1.29 is 15.0 Å². The minimum absolute atomic E-state index is 0.0724. The van der Waals surface area contributed by atoms with E-state index in [1.165, 1.54) is 0 Å². The number of nitrogens with two attached hydrogens (primary N) is 1. The number of phenols is 1. The Balaban J connectivity index is 1.93. The molecule has 1 aromatic carbocycles. The van der Waals surface area contributed by atoms with Crippen molar-refractivity contribution in [3.8, 4) is 5.75 Å². The highest BCUT2D eigenvalue weighted by molar-refractivity contribution is 5.82. The second-order valence-electron chi connectivity index (χ2n) is 5.59. The van der Waals surface area contributed by atoms with E-state index in [2.05, 4.69) is 0 Å². The zero-order valence-electron chi connectivity index (χ0n) is 11.7. The first-order valence-corrected chi connectivity index (χ1v) is 6.97. The first-order valence-electron chi connectivity index (χ1n) is 6.97. The van der Waals surface area contributed by atoms with Crippen LogP contribution in [0.1, 0.15) is 18.9 Å². The van der Waals surface area contributed by atoms with Crippen molar-refractivity contribution in [2.24, 2.45) is 11.7 Å². The molecule has 0 aliphatic carbocycles. The Morgan fingerprint density at radius 1 is 1.45 bits per heavy atom. The molecule has 0 aromatic heterocycles. The Morgan fingerprint density at radius 2 is 2.10 bits per heavy atom. The van der Waals surface area contributed by atoms with Crippen molar-refractivity contribution in [1.82, 2.24) is 4.90 Å². The van der Waals surface area contributed by atoms with E-state index in [0.717, 1.165) is 5.56 Å². The summed E-state index contributed by atoms with van der Waals surface area (Å²) in [4.78, 5) is 14.0. The van der Waals surface area contributed by atoms with E-state index in [4.69, 9.17) is 5.73 Å². The van der Waals surface area contributed by atoms with Crippen molar-refractivity contribution in [1.29, 1.82) is 0 Å². The average Bonchev–Trinajstić information content (AvgIpc) is 2.43. The lowest BCUT2D eigenvalue weighted by molar-refractivity contribution is -0.136. The number of likely N-dealkylation sites (tertiary alicyclic amines) is 1. The highest BCUT2D eigenvalue weighted by Gasteiger charge is 2.29. The summed E-state index contributed by atoms with van der Waals surface area (Å²) < 4.78 is 0. The van der Waals surface area contributed by atoms with Gasteiger partial charge in [-0.05, 0) is 36.5 Å². The molecule has 1 aliphatic heterocycles. The zero-order chi connectivity index (χ0) is 14.7. The first-order chi connectivity index (χ1) is 9.47. The van der Waals surface area contributed by atoms with Crippen LogP contribution in [0.4, 0.5) is 0 Å². The number of benzene rings is 1. The van der Waals surface area contributed by atoms with Crippen LogP contribution in [-0.2, 0) is 11.2 Å². The number of hydrogen-bond donors (Lipinski definition) is 3. The van der Waals surface area contributed by atoms with Crippen LogP contribution in [0.15, 0.2) is 24.3 Å². The van der Waals surface area contributed by atoms with Crippen LogP contribution in [0.3, 0.4) is 0 Å². The molecule has 2 unspecified atom stereocenters. The fourth-order valence-corrected chi connectivity index (χ4v) is 2.54. The van der Waals surface area contributed by atoms with Gasteiger partial charge in [0.05, 0.1) is 12.1 Å². The van der Waals surface area contributed by atoms with E-state index in [-0.39, 0.29) is 23.7 Å². The molecule has 1 aliphatic rings. The van der Waals surface area contributed by atoms with Gasteiger partial charge in [-0.1, -0.05) is 19.1 Å². The standard InChI is InChI=1S/C15H22N2O3/c1-10-9-17(7-6-14(10)19)15(20)13(16)8-11-2-4-12(18)5-3-11/h2-5,10,13-14,18-19H,6-9,16H2,1H3/t10?,13-,14?/m0/s1. The van der Waals surface area contributed by atoms with Gasteiger partial charge in [0.2, 0.25) is 5.91 Å². The summed E-state index contributed by atoms with van der Waals surface area (Å²) in [6.45, 7) is 3.06. The number of aromatic hydroxyl groups is 1. The molecule has 1 amide bonds. The molecule has 1 fully saturated rings. The van der Waals surface area contributed by atoms with Gasteiger partial charge in [-0.3, -0.25) is 4.79 Å². The zero-order valence-corrected chi connectivity index (χ0v) is 11.7. The third-order valence-corrected chi connectivity index (χ3v) is 3.88. The smallest absolute Gasteiger partial charge is 0.239 e. The van der Waals surface area contributed by atoms with E-state index in [1.54, 1.807) is 29.2 Å². The van der Waals surface area contributed by atoms with Crippen molar-refractivity contribution >= 4 is 5.91 Å². The number of piperidine rings is 1. The van der Waals surface area contributed by atoms with Gasteiger partial charge in [-0.2, -0.15) is 0 Å². The fourth-order valence-electron chi connectivity index (χ4n) is 2.54. The lowest BCUT2D eigenvalue weighted by Crippen LogP contribution is -2.51. The molecular formula is C15H22N2O3. The average molecular weight is 278 g/mol. The quantitative estimate of drug-likeness (QED) is 0.751. The summed E-state index contributed by atoms with van der Waals surface area (Å²) in [5, 5.41) is 18.9. The lowest BCUT2D eigenvalue weighted by Gasteiger charge is -2.35. The number of nitrogens with zero attached hydrogens (tertiary/aromatic N) is 1. The number of hydrogen-bond acceptors (Lipinski definition) is 4. The summed E-state index contributed by atoms with van der Waals surface area (Å²) >= 11 is 0. The molecule has 110 valence electrons. The molecule has 2 rings (SSSR count). The van der Waals surface area contributed by atoms with Crippen molar-refractivity contribution in [3.05, 3.63) is 29.8 Å². The van der Waals surface area contributed by atoms with Crippen LogP contribution < -0.4 is 5.73 Å². The van der Waals surface area contributed by atoms with Crippen LogP contribution in [0.2, 0.25) is 0 Å². The van der Waals surface area contributed by atoms with Crippen LogP contribution in [-0.4, -0.2) is 46.3 Å². The van der Waals surface area contributed by atoms with E-state index in [0.29, 0.717) is 25.9 Å². The molecule has 5 nitrogen and oxygen atoms in total. The number of rotatable bonds is 3. The molecule has 1 aromatic rings. The summed E-state index contributed by atoms with van der Waals surface area (Å²) in [5.74, 6) is 0.220. The summed E-state index contributed by atoms with van der Waals surface area (Å²) in [6.07, 6.45) is 0.734. The normalized spacial score (nSPS) is 24.4. The summed E-state index contributed by atoms with van der Waals surface area (Å²) in [5.41, 5.74) is 6.91. The van der Waals surface area contributed by atoms with Crippen LogP contribution in [0, 0.1) is 5.92 Å². The number of phenolic OH excluding ortho intramolecular Hbond substituents is 1. The van der Waals surface area contributed by atoms with Gasteiger partial charge >= 0.3 is 0 Å². The van der Waals surface area contributed by atoms with Crippen molar-refractivity contribution in [2.75, 3.05) is 13.1 Å². The molecule has 0 bridgehead atoms. The molecule has 0 spiro atoms. The van der Waals surface area contributed by atoms with Crippen molar-refractivity contribution in [2.45, 2.75) is 31.9 Å². The Kier molecular flexibility index (Phi) is 4.62. The van der Waals surface area contributed by atoms with E-state index >= 15 is 0 Å². The third kappa shape index (κ3) is 3.49. The van der Waals surface area contributed by atoms with Gasteiger partial charge in [0.15, 0.2) is 0 Å². The highest BCUT2D eigenvalue weighted by Crippen LogP contribution is 2.18. The predicted octanol–water partition coefficient (Wildman–Crippen LogP) is 0.491. The van der Waals surface area contributed by atoms with E-state index < -0.39 is 6.04 Å². The molecule has 0 saturated carbocycles. The molecule has 5 heteroatoms. The Hall–Kier alpha value is -1.59. The molecule has 1 heterocycles. The van der Waals surface area contributed by atoms with Gasteiger partial charge in [0.1, 0.15) is 5.75 Å². The minimum atomic E-state index is -0.581. The van der Waals surface area contributed by atoms with Gasteiger partial charge in [-0.25, -0.2) is 0 Å². The monoisotopic (exact) mass is 278 g/mol. The third-order valence-electron chi connectivity index (χ3n) is 3.88. The molecule has 1 saturated heterocycles. The Bertz CT molecular complexity index is 461. The topological polar surface area (TPSA) is 86.8 Å². The SMILES string of the molecule is CC1CN(C(=O)[C@@H](N)Cc2ccc(O)cc2)CCC1O. The number of aliphatic hydroxyl groups excluding tert-OH is 1. The maximum atomic E-state index is 12.3. The number of amides is 1. The predicted molar refractivity (Wildman–Crippen MR) is 76.2 cm³/mol. The minimum Gasteiger partial charge on any atom is -0.508 e. The largest absolute Gasteiger partial charge is 0.508 e. The second-order valence-corrected chi connectivity index (χ2v) is 5.59. The van der Waals surface area contributed by atoms with E-state index in [9.17, 15) is 15.0 Å². The lowest BCUT2D eigenvalue weighted by atomic mass is 9.95. The van der Waals surface area contributed by atoms with Crippen molar-refractivity contribution in [3.63, 3.8) is 0 Å². The van der Waals surface area contributed by atoms with E-state index in [1.807, 2.05) is 6.92 Å². The molecule has 20 heavy (non-hydrogen) atoms. The molecular weight excluding hydrogens is 256 g/mol. The van der Waals surface area contributed by atoms with Gasteiger partial charge in [-0.15, -0.1) is 0 Å². The highest BCUT2D eigenvalue weighted by atomic mass is 16.3. The molecule has 4 N–H and O–H groups in total. The summed E-state index contributed by atoms with van der Waals surface area (Å²) in [6, 6.07) is 6.13. The van der Waals surface area contributed by atoms with Gasteiger partial charge in [0, 0.05) is 13.1 Å². The Morgan fingerprint density at radius 3 is 2.70 bits per heavy atom.